The maximum absolute atomic E-state index is 7.54. The molecule has 0 unspecified atom stereocenters. The summed E-state index contributed by atoms with van der Waals surface area (Å²) >= 11 is 0. The topological polar surface area (TPSA) is 23.4 Å². The molecule has 0 saturated carbocycles. The van der Waals surface area contributed by atoms with Crippen LogP contribution in [0.25, 0.3) is 10.9 Å². The van der Waals surface area contributed by atoms with Gasteiger partial charge in [-0.1, -0.05) is 12.1 Å². The predicted octanol–water partition coefficient (Wildman–Crippen LogP) is 2.48. The highest BCUT2D eigenvalue weighted by Gasteiger charge is 2.51. The van der Waals surface area contributed by atoms with Gasteiger partial charge >= 0.3 is 7.12 Å². The van der Waals surface area contributed by atoms with Crippen molar-refractivity contribution in [3.05, 3.63) is 30.5 Å². The molecule has 0 N–H and O–H groups in total. The summed E-state index contributed by atoms with van der Waals surface area (Å²) in [5.41, 5.74) is 0.795. The van der Waals surface area contributed by atoms with Crippen LogP contribution in [0.5, 0.6) is 0 Å². The number of rotatable bonds is 1. The van der Waals surface area contributed by atoms with Crippen LogP contribution < -0.4 is 5.46 Å². The first-order valence-electron chi connectivity index (χ1n) is 7.98. The van der Waals surface area contributed by atoms with Crippen molar-refractivity contribution in [2.24, 2.45) is 6.98 Å². The summed E-state index contributed by atoms with van der Waals surface area (Å²) in [4.78, 5) is 0. The number of hydrogen-bond acceptors (Lipinski definition) is 2. The summed E-state index contributed by atoms with van der Waals surface area (Å²) in [5, 5.41) is 0.864. The van der Waals surface area contributed by atoms with E-state index >= 15 is 0 Å². The van der Waals surface area contributed by atoms with Gasteiger partial charge in [-0.25, -0.2) is 0 Å². The fourth-order valence-electron chi connectivity index (χ4n) is 2.29. The molecule has 1 aromatic carbocycles. The zero-order chi connectivity index (χ0) is 16.3. The molecule has 0 amide bonds. The molecule has 1 saturated heterocycles. The number of aryl methyl sites for hydroxylation is 1. The van der Waals surface area contributed by atoms with Crippen LogP contribution in [0.2, 0.25) is 0 Å². The van der Waals surface area contributed by atoms with Crippen molar-refractivity contribution < 1.29 is 13.4 Å². The van der Waals surface area contributed by atoms with E-state index in [0.29, 0.717) is 5.52 Å². The van der Waals surface area contributed by atoms with Crippen molar-refractivity contribution in [1.29, 1.82) is 0 Å². The molecule has 19 heavy (non-hydrogen) atoms. The first-order chi connectivity index (χ1) is 10.0. The molecule has 1 aliphatic heterocycles. The highest BCUT2D eigenvalue weighted by molar-refractivity contribution is 6.62. The molecule has 3 rings (SSSR count). The maximum Gasteiger partial charge on any atom is 0.494 e. The van der Waals surface area contributed by atoms with Crippen molar-refractivity contribution >= 4 is 23.5 Å². The zero-order valence-electron chi connectivity index (χ0n) is 14.7. The van der Waals surface area contributed by atoms with E-state index in [1.807, 2.05) is 45.9 Å². The van der Waals surface area contributed by atoms with E-state index < -0.39 is 25.3 Å². The number of hydrogen-bond donors (Lipinski definition) is 0. The molecule has 0 aliphatic carbocycles. The molecule has 1 fully saturated rings. The van der Waals surface area contributed by atoms with E-state index in [2.05, 4.69) is 0 Å². The van der Waals surface area contributed by atoms with Crippen molar-refractivity contribution in [2.75, 3.05) is 0 Å². The van der Waals surface area contributed by atoms with Gasteiger partial charge in [0.2, 0.25) is 0 Å². The lowest BCUT2D eigenvalue weighted by molar-refractivity contribution is 0.00578. The lowest BCUT2D eigenvalue weighted by Crippen LogP contribution is -2.41. The third-order valence-corrected chi connectivity index (χ3v) is 4.24. The number of benzene rings is 1. The summed E-state index contributed by atoms with van der Waals surface area (Å²) in [5.74, 6) is 0. The maximum atomic E-state index is 7.54. The number of fused-ring (bicyclic) bond motifs is 1. The average molecular weight is 260 g/mol. The molecule has 3 nitrogen and oxygen atoms in total. The lowest BCUT2D eigenvalue weighted by atomic mass is 9.79. The van der Waals surface area contributed by atoms with Gasteiger partial charge in [-0.05, 0) is 50.7 Å². The SMILES string of the molecule is [2H]C([2H])([2H])n1ccc2cc(B3OC(C)(C)C(C)(C)O3)ccc21. The van der Waals surface area contributed by atoms with Gasteiger partial charge in [-0.15, -0.1) is 0 Å². The Balaban J connectivity index is 1.98. The second-order valence-electron chi connectivity index (χ2n) is 6.09. The predicted molar refractivity (Wildman–Crippen MR) is 78.6 cm³/mol. The first-order valence-corrected chi connectivity index (χ1v) is 6.48. The van der Waals surface area contributed by atoms with E-state index in [9.17, 15) is 0 Å². The van der Waals surface area contributed by atoms with Crippen LogP contribution >= 0.6 is 0 Å². The van der Waals surface area contributed by atoms with Crippen molar-refractivity contribution in [2.45, 2.75) is 38.9 Å². The van der Waals surface area contributed by atoms with E-state index in [1.165, 1.54) is 4.57 Å². The second-order valence-corrected chi connectivity index (χ2v) is 6.09. The Kier molecular flexibility index (Phi) is 1.96. The summed E-state index contributed by atoms with van der Waals surface area (Å²) < 4.78 is 36.0. The lowest BCUT2D eigenvalue weighted by Gasteiger charge is -2.32. The van der Waals surface area contributed by atoms with Gasteiger partial charge in [0, 0.05) is 22.8 Å². The molecule has 0 bridgehead atoms. The minimum Gasteiger partial charge on any atom is -0.399 e. The van der Waals surface area contributed by atoms with Gasteiger partial charge in [-0.3, -0.25) is 0 Å². The van der Waals surface area contributed by atoms with Crippen molar-refractivity contribution in [3.8, 4) is 0 Å². The highest BCUT2D eigenvalue weighted by atomic mass is 16.7. The summed E-state index contributed by atoms with van der Waals surface area (Å²) in [7, 11) is -0.439. The summed E-state index contributed by atoms with van der Waals surface area (Å²) in [6.45, 7) is 5.87. The third kappa shape index (κ3) is 1.90. The Morgan fingerprint density at radius 3 is 2.42 bits per heavy atom. The van der Waals surface area contributed by atoms with Crippen molar-refractivity contribution in [3.63, 3.8) is 0 Å². The van der Waals surface area contributed by atoms with Crippen LogP contribution in [0.3, 0.4) is 0 Å². The average Bonchev–Trinajstić information content (AvgIpc) is 2.87. The number of aromatic nitrogens is 1. The molecule has 4 heteroatoms. The zero-order valence-corrected chi connectivity index (χ0v) is 11.7. The largest absolute Gasteiger partial charge is 0.494 e. The third-order valence-electron chi connectivity index (χ3n) is 4.24. The Morgan fingerprint density at radius 1 is 1.11 bits per heavy atom. The Labute approximate surface area is 118 Å². The molecule has 2 heterocycles. The van der Waals surface area contributed by atoms with E-state index in [0.717, 1.165) is 10.8 Å². The van der Waals surface area contributed by atoms with E-state index in [4.69, 9.17) is 13.4 Å². The van der Waals surface area contributed by atoms with E-state index in [-0.39, 0.29) is 0 Å². The fraction of sp³-hybridized carbons (Fsp3) is 0.467. The minimum absolute atomic E-state index is 0.392. The second kappa shape index (κ2) is 3.87. The normalized spacial score (nSPS) is 24.2. The fourth-order valence-corrected chi connectivity index (χ4v) is 2.29. The summed E-state index contributed by atoms with van der Waals surface area (Å²) in [6, 6.07) is 7.41. The highest BCUT2D eigenvalue weighted by Crippen LogP contribution is 2.36. The van der Waals surface area contributed by atoms with Gasteiger partial charge in [0.15, 0.2) is 0 Å². The van der Waals surface area contributed by atoms with Gasteiger partial charge in [0.05, 0.1) is 11.2 Å². The molecule has 1 aromatic heterocycles. The molecular formula is C15H20BNO2. The van der Waals surface area contributed by atoms with Crippen LogP contribution in [0, 0.1) is 0 Å². The molecule has 100 valence electrons. The monoisotopic (exact) mass is 260 g/mol. The van der Waals surface area contributed by atoms with Crippen LogP contribution in [0.4, 0.5) is 0 Å². The van der Waals surface area contributed by atoms with Gasteiger partial charge < -0.3 is 13.9 Å². The van der Waals surface area contributed by atoms with Gasteiger partial charge in [0.25, 0.3) is 0 Å². The van der Waals surface area contributed by atoms with Crippen LogP contribution in [-0.2, 0) is 16.3 Å². The molecule has 1 aliphatic rings. The molecule has 2 aromatic rings. The standard InChI is InChI=1S/C15H20BNO2/c1-14(2)15(3,4)19-16(18-14)12-6-7-13-11(10-12)8-9-17(13)5/h6-10H,1-5H3/i5D3. The van der Waals surface area contributed by atoms with Crippen LogP contribution in [-0.4, -0.2) is 22.9 Å². The van der Waals surface area contributed by atoms with Crippen LogP contribution in [0.15, 0.2) is 30.5 Å². The molecule has 0 atom stereocenters. The number of nitrogens with zero attached hydrogens (tertiary/aromatic N) is 1. The van der Waals surface area contributed by atoms with Gasteiger partial charge in [0.1, 0.15) is 0 Å². The molecular weight excluding hydrogens is 237 g/mol. The van der Waals surface area contributed by atoms with Crippen LogP contribution in [0.1, 0.15) is 31.8 Å². The summed E-state index contributed by atoms with van der Waals surface area (Å²) in [6.07, 6.45) is 1.59. The molecule has 0 spiro atoms. The smallest absolute Gasteiger partial charge is 0.399 e. The Bertz CT molecular complexity index is 705. The van der Waals surface area contributed by atoms with E-state index in [1.54, 1.807) is 12.3 Å². The van der Waals surface area contributed by atoms with Crippen molar-refractivity contribution in [1.82, 2.24) is 4.57 Å². The minimum atomic E-state index is -2.17. The first kappa shape index (κ1) is 9.62. The van der Waals surface area contributed by atoms with Gasteiger partial charge in [-0.2, -0.15) is 0 Å². The molecule has 0 radical (unpaired) electrons. The Morgan fingerprint density at radius 2 is 1.79 bits per heavy atom. The Hall–Kier alpha value is -1.26. The quantitative estimate of drug-likeness (QED) is 0.735.